The van der Waals surface area contributed by atoms with Gasteiger partial charge in [-0.15, -0.1) is 0 Å². The maximum absolute atomic E-state index is 12.5. The maximum Gasteiger partial charge on any atom is 0.255 e. The molecule has 0 saturated carbocycles. The Bertz CT molecular complexity index is 742. The standard InChI is InChI=1S/C20H29N3O2/c1-14-9-7-10-17(13-14)25-12-8-11-21-19(24)18-15(2)22-23(16(18)3)20(4,5)6/h7,9-10,13H,8,11-12H2,1-6H3,(H,21,24). The SMILES string of the molecule is Cc1cccc(OCCCNC(=O)c2c(C)nn(C(C)(C)C)c2C)c1. The summed E-state index contributed by atoms with van der Waals surface area (Å²) < 4.78 is 7.62. The summed E-state index contributed by atoms with van der Waals surface area (Å²) in [5, 5.41) is 7.50. The molecular formula is C20H29N3O2. The predicted molar refractivity (Wildman–Crippen MR) is 100 cm³/mol. The maximum atomic E-state index is 12.5. The third-order valence-electron chi connectivity index (χ3n) is 4.02. The van der Waals surface area contributed by atoms with E-state index in [9.17, 15) is 4.79 Å². The summed E-state index contributed by atoms with van der Waals surface area (Å²) >= 11 is 0. The van der Waals surface area contributed by atoms with Crippen LogP contribution in [0.5, 0.6) is 5.75 Å². The molecule has 0 atom stereocenters. The third-order valence-corrected chi connectivity index (χ3v) is 4.02. The number of carbonyl (C=O) groups excluding carboxylic acids is 1. The fourth-order valence-corrected chi connectivity index (χ4v) is 2.88. The van der Waals surface area contributed by atoms with Crippen molar-refractivity contribution >= 4 is 5.91 Å². The molecule has 0 unspecified atom stereocenters. The highest BCUT2D eigenvalue weighted by atomic mass is 16.5. The van der Waals surface area contributed by atoms with Crippen molar-refractivity contribution in [3.63, 3.8) is 0 Å². The van der Waals surface area contributed by atoms with E-state index in [2.05, 4.69) is 31.2 Å². The number of benzene rings is 1. The lowest BCUT2D eigenvalue weighted by Crippen LogP contribution is -2.28. The highest BCUT2D eigenvalue weighted by Crippen LogP contribution is 2.21. The lowest BCUT2D eigenvalue weighted by Gasteiger charge is -2.21. The van der Waals surface area contributed by atoms with Gasteiger partial charge in [-0.25, -0.2) is 0 Å². The van der Waals surface area contributed by atoms with Crippen molar-refractivity contribution in [1.29, 1.82) is 0 Å². The second-order valence-electron chi connectivity index (χ2n) is 7.40. The van der Waals surface area contributed by atoms with E-state index >= 15 is 0 Å². The van der Waals surface area contributed by atoms with Gasteiger partial charge < -0.3 is 10.1 Å². The first-order valence-corrected chi connectivity index (χ1v) is 8.74. The first-order valence-electron chi connectivity index (χ1n) is 8.74. The molecule has 5 nitrogen and oxygen atoms in total. The van der Waals surface area contributed by atoms with Gasteiger partial charge >= 0.3 is 0 Å². The monoisotopic (exact) mass is 343 g/mol. The Morgan fingerprint density at radius 3 is 2.56 bits per heavy atom. The molecule has 0 radical (unpaired) electrons. The Balaban J connectivity index is 1.86. The number of hydrogen-bond donors (Lipinski definition) is 1. The summed E-state index contributed by atoms with van der Waals surface area (Å²) in [4.78, 5) is 12.5. The second kappa shape index (κ2) is 7.72. The van der Waals surface area contributed by atoms with Crippen LogP contribution in [0.3, 0.4) is 0 Å². The van der Waals surface area contributed by atoms with Gasteiger partial charge in [0.2, 0.25) is 0 Å². The van der Waals surface area contributed by atoms with Gasteiger partial charge in [-0.1, -0.05) is 12.1 Å². The topological polar surface area (TPSA) is 56.1 Å². The average molecular weight is 343 g/mol. The van der Waals surface area contributed by atoms with Gasteiger partial charge in [-0.2, -0.15) is 5.10 Å². The van der Waals surface area contributed by atoms with Crippen LogP contribution in [-0.2, 0) is 5.54 Å². The van der Waals surface area contributed by atoms with Gasteiger partial charge in [0.15, 0.2) is 0 Å². The van der Waals surface area contributed by atoms with Crippen molar-refractivity contribution in [3.05, 3.63) is 46.8 Å². The van der Waals surface area contributed by atoms with Crippen molar-refractivity contribution < 1.29 is 9.53 Å². The van der Waals surface area contributed by atoms with Crippen LogP contribution in [0.1, 0.15) is 54.5 Å². The summed E-state index contributed by atoms with van der Waals surface area (Å²) in [6, 6.07) is 7.96. The number of nitrogens with one attached hydrogen (secondary N) is 1. The molecule has 0 aliphatic carbocycles. The van der Waals surface area contributed by atoms with E-state index in [0.29, 0.717) is 18.7 Å². The van der Waals surface area contributed by atoms with E-state index in [-0.39, 0.29) is 11.4 Å². The van der Waals surface area contributed by atoms with E-state index in [4.69, 9.17) is 4.74 Å². The minimum Gasteiger partial charge on any atom is -0.494 e. The highest BCUT2D eigenvalue weighted by Gasteiger charge is 2.24. The Kier molecular flexibility index (Phi) is 5.88. The van der Waals surface area contributed by atoms with Crippen molar-refractivity contribution in [1.82, 2.24) is 15.1 Å². The molecule has 5 heteroatoms. The largest absolute Gasteiger partial charge is 0.494 e. The number of nitrogens with zero attached hydrogens (tertiary/aromatic N) is 2. The van der Waals surface area contributed by atoms with E-state index < -0.39 is 0 Å². The number of hydrogen-bond acceptors (Lipinski definition) is 3. The third kappa shape index (κ3) is 4.84. The molecule has 136 valence electrons. The molecule has 1 aromatic carbocycles. The summed E-state index contributed by atoms with van der Waals surface area (Å²) in [6.45, 7) is 13.2. The van der Waals surface area contributed by atoms with Crippen LogP contribution in [0, 0.1) is 20.8 Å². The van der Waals surface area contributed by atoms with Gasteiger partial charge in [0.1, 0.15) is 5.75 Å². The van der Waals surface area contributed by atoms with Crippen LogP contribution in [0.15, 0.2) is 24.3 Å². The van der Waals surface area contributed by atoms with Crippen LogP contribution in [0.25, 0.3) is 0 Å². The van der Waals surface area contributed by atoms with Crippen molar-refractivity contribution in [2.24, 2.45) is 0 Å². The lowest BCUT2D eigenvalue weighted by molar-refractivity contribution is 0.0950. The molecule has 25 heavy (non-hydrogen) atoms. The van der Waals surface area contributed by atoms with E-state index in [0.717, 1.165) is 23.6 Å². The van der Waals surface area contributed by atoms with E-state index in [1.165, 1.54) is 5.56 Å². The smallest absolute Gasteiger partial charge is 0.255 e. The quantitative estimate of drug-likeness (QED) is 0.813. The fourth-order valence-electron chi connectivity index (χ4n) is 2.88. The van der Waals surface area contributed by atoms with Crippen LogP contribution >= 0.6 is 0 Å². The predicted octanol–water partition coefficient (Wildman–Crippen LogP) is 3.76. The van der Waals surface area contributed by atoms with Gasteiger partial charge in [0.05, 0.1) is 23.4 Å². The molecule has 0 fully saturated rings. The summed E-state index contributed by atoms with van der Waals surface area (Å²) in [7, 11) is 0. The molecule has 0 saturated heterocycles. The molecule has 2 rings (SSSR count). The lowest BCUT2D eigenvalue weighted by atomic mass is 10.1. The molecule has 0 aliphatic rings. The summed E-state index contributed by atoms with van der Waals surface area (Å²) in [6.07, 6.45) is 0.755. The fraction of sp³-hybridized carbons (Fsp3) is 0.500. The number of amides is 1. The van der Waals surface area contributed by atoms with Crippen LogP contribution in [0.4, 0.5) is 0 Å². The molecule has 2 aromatic rings. The molecule has 0 aliphatic heterocycles. The molecule has 0 bridgehead atoms. The Morgan fingerprint density at radius 2 is 1.96 bits per heavy atom. The minimum absolute atomic E-state index is 0.0685. The van der Waals surface area contributed by atoms with Crippen LogP contribution in [0.2, 0.25) is 0 Å². The number of aryl methyl sites for hydroxylation is 2. The minimum atomic E-state index is -0.144. The number of ether oxygens (including phenoxy) is 1. The van der Waals surface area contributed by atoms with Gasteiger partial charge in [0.25, 0.3) is 5.91 Å². The molecule has 1 amide bonds. The average Bonchev–Trinajstić information content (AvgIpc) is 2.82. The molecular weight excluding hydrogens is 314 g/mol. The molecule has 0 spiro atoms. The number of aromatic nitrogens is 2. The molecule has 1 N–H and O–H groups in total. The zero-order chi connectivity index (χ0) is 18.6. The first kappa shape index (κ1) is 19.0. The number of carbonyl (C=O) groups is 1. The van der Waals surface area contributed by atoms with Crippen molar-refractivity contribution in [3.8, 4) is 5.75 Å². The molecule has 1 aromatic heterocycles. The summed E-state index contributed by atoms with van der Waals surface area (Å²) in [5.41, 5.74) is 3.37. The normalized spacial score (nSPS) is 11.4. The summed E-state index contributed by atoms with van der Waals surface area (Å²) in [5.74, 6) is 0.797. The molecule has 1 heterocycles. The number of rotatable bonds is 6. The Morgan fingerprint density at radius 1 is 1.24 bits per heavy atom. The Hall–Kier alpha value is -2.30. The van der Waals surface area contributed by atoms with E-state index in [1.54, 1.807) is 0 Å². The Labute approximate surface area is 150 Å². The zero-order valence-corrected chi connectivity index (χ0v) is 16.1. The van der Waals surface area contributed by atoms with Gasteiger partial charge in [-0.05, 0) is 65.7 Å². The van der Waals surface area contributed by atoms with Crippen LogP contribution in [-0.4, -0.2) is 28.8 Å². The first-order chi connectivity index (χ1) is 11.7. The van der Waals surface area contributed by atoms with Crippen LogP contribution < -0.4 is 10.1 Å². The second-order valence-corrected chi connectivity index (χ2v) is 7.40. The van der Waals surface area contributed by atoms with Crippen molar-refractivity contribution in [2.45, 2.75) is 53.5 Å². The zero-order valence-electron chi connectivity index (χ0n) is 16.1. The van der Waals surface area contributed by atoms with Crippen molar-refractivity contribution in [2.75, 3.05) is 13.2 Å². The van der Waals surface area contributed by atoms with E-state index in [1.807, 2.05) is 49.7 Å². The van der Waals surface area contributed by atoms with Gasteiger partial charge in [0, 0.05) is 12.2 Å². The van der Waals surface area contributed by atoms with Gasteiger partial charge in [-0.3, -0.25) is 9.48 Å². The highest BCUT2D eigenvalue weighted by molar-refractivity contribution is 5.96.